The number of hydrogen-bond donors (Lipinski definition) is 3. The van der Waals surface area contributed by atoms with Gasteiger partial charge in [0.05, 0.1) is 31.5 Å². The van der Waals surface area contributed by atoms with Gasteiger partial charge in [-0.05, 0) is 56.0 Å². The second kappa shape index (κ2) is 11.7. The van der Waals surface area contributed by atoms with Gasteiger partial charge < -0.3 is 24.8 Å². The van der Waals surface area contributed by atoms with Crippen molar-refractivity contribution < 1.29 is 14.3 Å². The van der Waals surface area contributed by atoms with E-state index >= 15 is 0 Å². The van der Waals surface area contributed by atoms with Gasteiger partial charge in [0.25, 0.3) is 0 Å². The molecule has 7 nitrogen and oxygen atoms in total. The van der Waals surface area contributed by atoms with Gasteiger partial charge in [-0.15, -0.1) is 0 Å². The third-order valence-corrected chi connectivity index (χ3v) is 6.53. The number of fused-ring (bicyclic) bond motifs is 1. The highest BCUT2D eigenvalue weighted by atomic mass is 16.5. The van der Waals surface area contributed by atoms with Crippen molar-refractivity contribution in [3.8, 4) is 17.0 Å². The lowest BCUT2D eigenvalue weighted by molar-refractivity contribution is -0.121. The molecule has 0 aliphatic heterocycles. The number of aromatic amines is 2. The lowest BCUT2D eigenvalue weighted by Gasteiger charge is -2.17. The summed E-state index contributed by atoms with van der Waals surface area (Å²) in [4.78, 5) is 35.9. The molecule has 0 aliphatic rings. The molecule has 1 amide bonds. The van der Waals surface area contributed by atoms with E-state index in [1.165, 1.54) is 0 Å². The van der Waals surface area contributed by atoms with E-state index < -0.39 is 0 Å². The fourth-order valence-electron chi connectivity index (χ4n) is 4.58. The predicted octanol–water partition coefficient (Wildman–Crippen LogP) is 5.81. The number of hydrogen-bond acceptors (Lipinski definition) is 4. The first kappa shape index (κ1) is 25.2. The van der Waals surface area contributed by atoms with Crippen LogP contribution in [0.5, 0.6) is 5.75 Å². The molecule has 0 saturated carbocycles. The van der Waals surface area contributed by atoms with Crippen LogP contribution >= 0.6 is 0 Å². The van der Waals surface area contributed by atoms with Crippen LogP contribution in [-0.2, 0) is 16.0 Å². The molecule has 0 radical (unpaired) electrons. The summed E-state index contributed by atoms with van der Waals surface area (Å²) in [6.07, 6.45) is 6.09. The number of carbonyl (C=O) groups is 2. The summed E-state index contributed by atoms with van der Waals surface area (Å²) in [5.74, 6) is 1.65. The van der Waals surface area contributed by atoms with Crippen LogP contribution in [-0.4, -0.2) is 33.8 Å². The van der Waals surface area contributed by atoms with E-state index in [0.717, 1.165) is 70.7 Å². The van der Waals surface area contributed by atoms with Crippen molar-refractivity contribution in [2.45, 2.75) is 58.4 Å². The first-order valence-corrected chi connectivity index (χ1v) is 12.5. The number of nitrogens with zero attached hydrogens (tertiary/aromatic N) is 1. The van der Waals surface area contributed by atoms with Crippen LogP contribution in [0, 0.1) is 6.92 Å². The Balaban J connectivity index is 1.50. The number of unbranched alkanes of at least 4 members (excludes halogenated alkanes) is 2. The fourth-order valence-corrected chi connectivity index (χ4v) is 4.58. The number of carbonyl (C=O) groups excluding carboxylic acids is 2. The minimum atomic E-state index is -0.243. The fraction of sp³-hybridized carbons (Fsp3) is 0.345. The number of imidazole rings is 1. The minimum absolute atomic E-state index is 0.0618. The van der Waals surface area contributed by atoms with Gasteiger partial charge in [-0.3, -0.25) is 4.79 Å². The number of nitrogens with one attached hydrogen (secondary N) is 3. The number of H-pyrrole nitrogens is 2. The summed E-state index contributed by atoms with van der Waals surface area (Å²) < 4.78 is 5.38. The van der Waals surface area contributed by atoms with Gasteiger partial charge in [0.1, 0.15) is 17.4 Å². The first-order chi connectivity index (χ1) is 17.4. The topological polar surface area (TPSA) is 99.9 Å². The Morgan fingerprint density at radius 2 is 1.86 bits per heavy atom. The molecule has 2 heterocycles. The van der Waals surface area contributed by atoms with Gasteiger partial charge in [0.15, 0.2) is 0 Å². The molecule has 188 valence electrons. The van der Waals surface area contributed by atoms with E-state index in [-0.39, 0.29) is 24.2 Å². The lowest BCUT2D eigenvalue weighted by Crippen LogP contribution is -2.30. The van der Waals surface area contributed by atoms with Gasteiger partial charge in [0.2, 0.25) is 5.91 Å². The average molecular weight is 487 g/mol. The highest BCUT2D eigenvalue weighted by molar-refractivity contribution is 5.91. The van der Waals surface area contributed by atoms with E-state index in [9.17, 15) is 9.59 Å². The lowest BCUT2D eigenvalue weighted by atomic mass is 10.0. The summed E-state index contributed by atoms with van der Waals surface area (Å²) in [7, 11) is 1.64. The molecule has 0 bridgehead atoms. The molecule has 0 unspecified atom stereocenters. The van der Waals surface area contributed by atoms with Crippen molar-refractivity contribution in [3.63, 3.8) is 0 Å². The molecule has 36 heavy (non-hydrogen) atoms. The first-order valence-electron chi connectivity index (χ1n) is 12.5. The highest BCUT2D eigenvalue weighted by Gasteiger charge is 2.20. The molecule has 3 N–H and O–H groups in total. The second-order valence-electron chi connectivity index (χ2n) is 9.29. The monoisotopic (exact) mass is 486 g/mol. The quantitative estimate of drug-likeness (QED) is 0.220. The zero-order valence-corrected chi connectivity index (χ0v) is 21.2. The molecule has 0 saturated heterocycles. The molecule has 0 fully saturated rings. The van der Waals surface area contributed by atoms with Crippen LogP contribution in [0.15, 0.2) is 54.7 Å². The Labute approximate surface area is 211 Å². The number of methoxy groups -OCH3 is 1. The maximum absolute atomic E-state index is 13.3. The standard InChI is InChI=1S/C29H34N4O3/c1-19(34)10-6-4-9-13-26(29-30-18-27(33-29)21-11-7-5-8-12-21)32-28(35)17-23-20(2)31-25-15-14-22(36-3)16-24(23)25/h5,7-8,11-12,14-16,18,26,31H,4,6,9-10,13,17H2,1-3H3,(H,30,33)(H,32,35)/t26-/m1/s1. The number of benzene rings is 2. The van der Waals surface area contributed by atoms with Crippen molar-refractivity contribution in [2.24, 2.45) is 0 Å². The predicted molar refractivity (Wildman–Crippen MR) is 142 cm³/mol. The third-order valence-electron chi connectivity index (χ3n) is 6.53. The average Bonchev–Trinajstić information content (AvgIpc) is 3.48. The summed E-state index contributed by atoms with van der Waals surface area (Å²) >= 11 is 0. The molecule has 4 rings (SSSR count). The van der Waals surface area contributed by atoms with E-state index in [0.29, 0.717) is 6.42 Å². The number of Topliss-reactive ketones (excluding diaryl/α,β-unsaturated/α-hetero) is 1. The van der Waals surface area contributed by atoms with Gasteiger partial charge in [-0.1, -0.05) is 43.2 Å². The van der Waals surface area contributed by atoms with Crippen molar-refractivity contribution >= 4 is 22.6 Å². The summed E-state index contributed by atoms with van der Waals surface area (Å²) in [6, 6.07) is 15.6. The van der Waals surface area contributed by atoms with Gasteiger partial charge in [0, 0.05) is 23.0 Å². The van der Waals surface area contributed by atoms with Crippen LogP contribution in [0.2, 0.25) is 0 Å². The van der Waals surface area contributed by atoms with E-state index in [4.69, 9.17) is 4.74 Å². The van der Waals surface area contributed by atoms with Crippen molar-refractivity contribution in [3.05, 3.63) is 71.8 Å². The van der Waals surface area contributed by atoms with Crippen molar-refractivity contribution in [1.82, 2.24) is 20.3 Å². The number of aromatic nitrogens is 3. The Kier molecular flexibility index (Phi) is 8.21. The molecule has 1 atom stereocenters. The Morgan fingerprint density at radius 3 is 2.61 bits per heavy atom. The maximum Gasteiger partial charge on any atom is 0.225 e. The molecule has 2 aromatic carbocycles. The van der Waals surface area contributed by atoms with Crippen LogP contribution in [0.3, 0.4) is 0 Å². The second-order valence-corrected chi connectivity index (χ2v) is 9.29. The van der Waals surface area contributed by atoms with Crippen molar-refractivity contribution in [1.29, 1.82) is 0 Å². The Bertz CT molecular complexity index is 1320. The Morgan fingerprint density at radius 1 is 1.06 bits per heavy atom. The smallest absolute Gasteiger partial charge is 0.225 e. The Hall–Kier alpha value is -3.87. The number of aryl methyl sites for hydroxylation is 1. The van der Waals surface area contributed by atoms with Crippen LogP contribution in [0.25, 0.3) is 22.2 Å². The SMILES string of the molecule is COc1ccc2[nH]c(C)c(CC(=O)N[C@H](CCCCCC(C)=O)c3ncc(-c4ccccc4)[nH]3)c2c1. The molecular weight excluding hydrogens is 452 g/mol. The third kappa shape index (κ3) is 6.22. The number of ketones is 1. The normalized spacial score (nSPS) is 12.0. The van der Waals surface area contributed by atoms with Gasteiger partial charge in [-0.2, -0.15) is 0 Å². The minimum Gasteiger partial charge on any atom is -0.497 e. The zero-order chi connectivity index (χ0) is 25.5. The molecular formula is C29H34N4O3. The van der Waals surface area contributed by atoms with E-state index in [1.54, 1.807) is 14.0 Å². The van der Waals surface area contributed by atoms with Gasteiger partial charge >= 0.3 is 0 Å². The highest BCUT2D eigenvalue weighted by Crippen LogP contribution is 2.28. The largest absolute Gasteiger partial charge is 0.497 e. The molecule has 0 spiro atoms. The molecule has 0 aliphatic carbocycles. The van der Waals surface area contributed by atoms with Crippen LogP contribution in [0.4, 0.5) is 0 Å². The zero-order valence-electron chi connectivity index (χ0n) is 21.2. The van der Waals surface area contributed by atoms with Crippen molar-refractivity contribution in [2.75, 3.05) is 7.11 Å². The van der Waals surface area contributed by atoms with Crippen LogP contribution in [0.1, 0.15) is 62.2 Å². The number of amides is 1. The maximum atomic E-state index is 13.3. The number of ether oxygens (including phenoxy) is 1. The van der Waals surface area contributed by atoms with Crippen LogP contribution < -0.4 is 10.1 Å². The molecule has 4 aromatic rings. The van der Waals surface area contributed by atoms with E-state index in [2.05, 4.69) is 20.3 Å². The molecule has 7 heteroatoms. The van der Waals surface area contributed by atoms with E-state index in [1.807, 2.05) is 61.7 Å². The summed E-state index contributed by atoms with van der Waals surface area (Å²) in [5.41, 5.74) is 4.88. The summed E-state index contributed by atoms with van der Waals surface area (Å²) in [6.45, 7) is 3.61. The number of rotatable bonds is 12. The van der Waals surface area contributed by atoms with Gasteiger partial charge in [-0.25, -0.2) is 4.98 Å². The molecule has 2 aromatic heterocycles. The summed E-state index contributed by atoms with van der Waals surface area (Å²) in [5, 5.41) is 4.20.